The van der Waals surface area contributed by atoms with Crippen LogP contribution >= 0.6 is 0 Å². The Labute approximate surface area is 264 Å². The topological polar surface area (TPSA) is 152 Å². The third-order valence-corrected chi connectivity index (χ3v) is 9.07. The highest BCUT2D eigenvalue weighted by molar-refractivity contribution is 5.80. The highest BCUT2D eigenvalue weighted by Crippen LogP contribution is 2.61. The number of carbonyl (C=O) groups is 2. The maximum atomic E-state index is 14.7. The van der Waals surface area contributed by atoms with E-state index in [0.29, 0.717) is 45.2 Å². The summed E-state index contributed by atoms with van der Waals surface area (Å²) >= 11 is 0. The first-order valence-electron chi connectivity index (χ1n) is 16.0. The van der Waals surface area contributed by atoms with Gasteiger partial charge in [-0.15, -0.1) is 0 Å². The number of amides is 2. The first-order chi connectivity index (χ1) is 21.4. The van der Waals surface area contributed by atoms with Gasteiger partial charge in [0.2, 0.25) is 5.91 Å². The summed E-state index contributed by atoms with van der Waals surface area (Å²) in [6.07, 6.45) is 1.12. The van der Waals surface area contributed by atoms with Crippen LogP contribution in [0.5, 0.6) is 0 Å². The summed E-state index contributed by atoms with van der Waals surface area (Å²) in [6.45, 7) is 10.0. The predicted molar refractivity (Wildman–Crippen MR) is 163 cm³/mol. The fraction of sp³-hybridized carbons (Fsp3) is 0.750. The lowest BCUT2D eigenvalue weighted by molar-refractivity contribution is -0.136. The Morgan fingerprint density at radius 3 is 2.44 bits per heavy atom. The van der Waals surface area contributed by atoms with Gasteiger partial charge in [-0.05, 0) is 63.7 Å². The van der Waals surface area contributed by atoms with Crippen LogP contribution in [0.2, 0.25) is 0 Å². The quantitative estimate of drug-likeness (QED) is 0.0862. The summed E-state index contributed by atoms with van der Waals surface area (Å²) in [5.74, 6) is -0.653. The maximum absolute atomic E-state index is 14.7. The Morgan fingerprint density at radius 2 is 1.82 bits per heavy atom. The van der Waals surface area contributed by atoms with Crippen molar-refractivity contribution in [3.63, 3.8) is 0 Å². The molecule has 3 rings (SSSR count). The van der Waals surface area contributed by atoms with Gasteiger partial charge < -0.3 is 45.0 Å². The second-order valence-corrected chi connectivity index (χ2v) is 12.9. The summed E-state index contributed by atoms with van der Waals surface area (Å²) in [7, 11) is 0. The van der Waals surface area contributed by atoms with Crippen LogP contribution in [0.3, 0.4) is 0 Å². The lowest BCUT2D eigenvalue weighted by atomic mass is 9.90. The molecule has 0 bridgehead atoms. The van der Waals surface area contributed by atoms with E-state index in [1.54, 1.807) is 4.90 Å². The number of hydrogen-bond donors (Lipinski definition) is 5. The molecular formula is C32H51F2N3O8. The summed E-state index contributed by atoms with van der Waals surface area (Å²) in [5.41, 5.74) is -0.108. The van der Waals surface area contributed by atoms with E-state index in [4.69, 9.17) is 14.6 Å². The Hall–Kier alpha value is -2.58. The minimum absolute atomic E-state index is 0.0169. The zero-order valence-corrected chi connectivity index (χ0v) is 26.5. The SMILES string of the molecule is C=C(/C=C(F)\C(=C\F)CC(=O)N1CC(CNC[C@H](O)[C@@H](O)[C@H](O)CCO)C1)OCCCC1CC12CCN(C(=O)OC(C)C)CC2. The van der Waals surface area contributed by atoms with Gasteiger partial charge in [-0.2, -0.15) is 0 Å². The maximum Gasteiger partial charge on any atom is 0.410 e. The first kappa shape index (κ1) is 36.9. The van der Waals surface area contributed by atoms with Crippen molar-refractivity contribution in [1.29, 1.82) is 0 Å². The van der Waals surface area contributed by atoms with E-state index in [0.717, 1.165) is 38.2 Å². The summed E-state index contributed by atoms with van der Waals surface area (Å²) in [6, 6.07) is 0. The number of aliphatic hydroxyl groups is 4. The largest absolute Gasteiger partial charge is 0.494 e. The molecule has 2 saturated heterocycles. The van der Waals surface area contributed by atoms with Gasteiger partial charge in [0.1, 0.15) is 17.7 Å². The fourth-order valence-electron chi connectivity index (χ4n) is 6.14. The van der Waals surface area contributed by atoms with Crippen molar-refractivity contribution < 1.29 is 48.3 Å². The van der Waals surface area contributed by atoms with Crippen LogP contribution in [-0.2, 0) is 14.3 Å². The van der Waals surface area contributed by atoms with Crippen LogP contribution in [0.25, 0.3) is 0 Å². The smallest absolute Gasteiger partial charge is 0.410 e. The van der Waals surface area contributed by atoms with E-state index in [2.05, 4.69) is 11.9 Å². The van der Waals surface area contributed by atoms with Crippen molar-refractivity contribution >= 4 is 12.0 Å². The Balaban J connectivity index is 1.28. The molecule has 0 aromatic carbocycles. The van der Waals surface area contributed by atoms with Crippen molar-refractivity contribution in [3.8, 4) is 0 Å². The van der Waals surface area contributed by atoms with Crippen LogP contribution in [0.4, 0.5) is 13.6 Å². The number of halogens is 2. The minimum atomic E-state index is -1.39. The molecule has 1 saturated carbocycles. The van der Waals surface area contributed by atoms with Gasteiger partial charge in [0.25, 0.3) is 0 Å². The molecule has 5 N–H and O–H groups in total. The van der Waals surface area contributed by atoms with E-state index in [1.165, 1.54) is 4.90 Å². The summed E-state index contributed by atoms with van der Waals surface area (Å²) in [5, 5.41) is 41.2. The minimum Gasteiger partial charge on any atom is -0.494 e. The number of nitrogens with zero attached hydrogens (tertiary/aromatic N) is 2. The molecule has 2 aliphatic heterocycles. The van der Waals surface area contributed by atoms with E-state index < -0.39 is 42.0 Å². The van der Waals surface area contributed by atoms with Gasteiger partial charge in [-0.1, -0.05) is 6.58 Å². The zero-order chi connectivity index (χ0) is 33.1. The number of nitrogens with one attached hydrogen (secondary N) is 1. The fourth-order valence-corrected chi connectivity index (χ4v) is 6.14. The Kier molecular flexibility index (Phi) is 14.2. The molecule has 0 aromatic heterocycles. The molecule has 11 nitrogen and oxygen atoms in total. The number of aliphatic hydroxyl groups excluding tert-OH is 4. The molecule has 1 aliphatic carbocycles. The second kappa shape index (κ2) is 17.4. The molecular weight excluding hydrogens is 592 g/mol. The van der Waals surface area contributed by atoms with Crippen LogP contribution in [0, 0.1) is 17.3 Å². The monoisotopic (exact) mass is 643 g/mol. The molecule has 3 fully saturated rings. The van der Waals surface area contributed by atoms with Gasteiger partial charge in [-0.25, -0.2) is 13.6 Å². The molecule has 45 heavy (non-hydrogen) atoms. The molecule has 0 radical (unpaired) electrons. The molecule has 0 aromatic rings. The van der Waals surface area contributed by atoms with Gasteiger partial charge in [-0.3, -0.25) is 4.79 Å². The van der Waals surface area contributed by atoms with E-state index >= 15 is 0 Å². The molecule has 1 spiro atoms. The van der Waals surface area contributed by atoms with Crippen molar-refractivity contribution in [2.75, 3.05) is 52.5 Å². The van der Waals surface area contributed by atoms with Gasteiger partial charge in [0, 0.05) is 63.4 Å². The molecule has 13 heteroatoms. The van der Waals surface area contributed by atoms with Gasteiger partial charge >= 0.3 is 6.09 Å². The molecule has 4 atom stereocenters. The summed E-state index contributed by atoms with van der Waals surface area (Å²) in [4.78, 5) is 27.9. The number of hydrogen-bond acceptors (Lipinski definition) is 9. The normalized spacial score (nSPS) is 22.2. The van der Waals surface area contributed by atoms with Gasteiger partial charge in [0.15, 0.2) is 0 Å². The predicted octanol–water partition coefficient (Wildman–Crippen LogP) is 2.55. The Bertz CT molecular complexity index is 1060. The van der Waals surface area contributed by atoms with Crippen molar-refractivity contribution in [1.82, 2.24) is 15.1 Å². The second-order valence-electron chi connectivity index (χ2n) is 12.9. The number of carbonyl (C=O) groups excluding carboxylic acids is 2. The van der Waals surface area contributed by atoms with E-state index in [-0.39, 0.29) is 55.2 Å². The van der Waals surface area contributed by atoms with Crippen molar-refractivity contribution in [3.05, 3.63) is 36.1 Å². The third-order valence-electron chi connectivity index (χ3n) is 9.07. The van der Waals surface area contributed by atoms with E-state index in [1.807, 2.05) is 13.8 Å². The third kappa shape index (κ3) is 11.0. The van der Waals surface area contributed by atoms with Gasteiger partial charge in [0.05, 0.1) is 37.7 Å². The lowest BCUT2D eigenvalue weighted by Crippen LogP contribution is -2.54. The highest BCUT2D eigenvalue weighted by Gasteiger charge is 2.54. The average Bonchev–Trinajstić information content (AvgIpc) is 3.64. The zero-order valence-electron chi connectivity index (χ0n) is 26.5. The van der Waals surface area contributed by atoms with Crippen LogP contribution < -0.4 is 5.32 Å². The van der Waals surface area contributed by atoms with Crippen molar-refractivity contribution in [2.24, 2.45) is 17.3 Å². The van der Waals surface area contributed by atoms with Crippen molar-refractivity contribution in [2.45, 2.75) is 83.2 Å². The number of rotatable bonds is 18. The molecule has 2 amide bonds. The summed E-state index contributed by atoms with van der Waals surface area (Å²) < 4.78 is 39.1. The Morgan fingerprint density at radius 1 is 1.13 bits per heavy atom. The van der Waals surface area contributed by atoms with E-state index in [9.17, 15) is 33.7 Å². The molecule has 3 aliphatic rings. The molecule has 1 unspecified atom stereocenters. The molecule has 2 heterocycles. The average molecular weight is 644 g/mol. The number of allylic oxidation sites excluding steroid dienone is 2. The number of piperidine rings is 1. The lowest BCUT2D eigenvalue weighted by Gasteiger charge is -2.39. The standard InChI is InChI=1S/C32H51F2N3O8/c1-21(2)45-31(43)36-9-7-32(8-10-36)15-25(32)5-4-12-44-22(3)13-26(34)24(16-33)14-29(41)37-19-23(20-37)17-35-18-28(40)30(42)27(39)6-11-38/h13,16,21,23,25,27-28,30,35,38-40,42H,3-12,14-15,17-20H2,1-2H3/b24-16+,26-13+/t25?,27-,28+,30+/m1/s1. The van der Waals surface area contributed by atoms with Crippen LogP contribution in [0.1, 0.15) is 58.8 Å². The van der Waals surface area contributed by atoms with Crippen LogP contribution in [-0.4, -0.2) is 119 Å². The number of ether oxygens (including phenoxy) is 2. The number of likely N-dealkylation sites (tertiary alicyclic amines) is 2. The van der Waals surface area contributed by atoms with Crippen LogP contribution in [0.15, 0.2) is 36.1 Å². The molecule has 256 valence electrons. The highest BCUT2D eigenvalue weighted by atomic mass is 19.1. The first-order valence-corrected chi connectivity index (χ1v) is 16.0.